The molecular weight excluding hydrogens is 361 g/mol. The number of anilines is 1. The lowest BCUT2D eigenvalue weighted by Crippen LogP contribution is -2.24. The Hall–Kier alpha value is -2.14. The van der Waals surface area contributed by atoms with Crippen molar-refractivity contribution in [1.29, 1.82) is 0 Å². The predicted molar refractivity (Wildman–Crippen MR) is 107 cm³/mol. The first kappa shape index (κ1) is 16.7. The third kappa shape index (κ3) is 3.85. The molecule has 3 aromatic rings. The van der Waals surface area contributed by atoms with Crippen LogP contribution in [0.4, 0.5) is 5.69 Å². The van der Waals surface area contributed by atoms with Gasteiger partial charge >= 0.3 is 0 Å². The van der Waals surface area contributed by atoms with E-state index in [0.29, 0.717) is 20.8 Å². The van der Waals surface area contributed by atoms with E-state index in [-0.39, 0.29) is 0 Å². The van der Waals surface area contributed by atoms with Crippen LogP contribution in [0, 0.1) is 0 Å². The lowest BCUT2D eigenvalue weighted by molar-refractivity contribution is 1.05. The number of fused-ring (bicyclic) bond motifs is 1. The van der Waals surface area contributed by atoms with Crippen molar-refractivity contribution < 1.29 is 0 Å². The molecule has 0 aliphatic carbocycles. The summed E-state index contributed by atoms with van der Waals surface area (Å²) in [7, 11) is 0. The van der Waals surface area contributed by atoms with Gasteiger partial charge in [-0.1, -0.05) is 71.7 Å². The maximum Gasteiger partial charge on any atom is 0.191 e. The first-order valence-corrected chi connectivity index (χ1v) is 8.33. The molecule has 0 aromatic heterocycles. The zero-order chi connectivity index (χ0) is 16.9. The molecule has 2 N–H and O–H groups in total. The molecule has 0 fully saturated rings. The van der Waals surface area contributed by atoms with Gasteiger partial charge in [-0.2, -0.15) is 5.10 Å². The number of thiocarbonyl (C=S) groups is 1. The van der Waals surface area contributed by atoms with E-state index in [2.05, 4.69) is 34.0 Å². The third-order valence-electron chi connectivity index (χ3n) is 3.39. The fraction of sp³-hybridized carbons (Fsp3) is 0. The molecule has 3 aromatic carbocycles. The molecule has 0 bridgehead atoms. The van der Waals surface area contributed by atoms with Crippen molar-refractivity contribution in [3.05, 3.63) is 76.3 Å². The van der Waals surface area contributed by atoms with E-state index in [9.17, 15) is 0 Å². The van der Waals surface area contributed by atoms with Crippen LogP contribution in [0.1, 0.15) is 5.56 Å². The number of benzene rings is 3. The van der Waals surface area contributed by atoms with Gasteiger partial charge in [-0.15, -0.1) is 0 Å². The summed E-state index contributed by atoms with van der Waals surface area (Å²) in [6.07, 6.45) is 1.73. The van der Waals surface area contributed by atoms with Gasteiger partial charge in [0.05, 0.1) is 21.9 Å². The minimum atomic E-state index is 0.329. The van der Waals surface area contributed by atoms with Gasteiger partial charge in [0.25, 0.3) is 0 Å². The summed E-state index contributed by atoms with van der Waals surface area (Å²) >= 11 is 17.3. The lowest BCUT2D eigenvalue weighted by Gasteiger charge is -2.09. The van der Waals surface area contributed by atoms with Gasteiger partial charge in [0, 0.05) is 5.56 Å². The van der Waals surface area contributed by atoms with Crippen molar-refractivity contribution in [1.82, 2.24) is 5.43 Å². The Bertz CT molecular complexity index is 920. The predicted octanol–water partition coefficient (Wildman–Crippen LogP) is 5.47. The van der Waals surface area contributed by atoms with Gasteiger partial charge in [0.15, 0.2) is 5.11 Å². The zero-order valence-corrected chi connectivity index (χ0v) is 14.8. The molecule has 0 heterocycles. The minimum absolute atomic E-state index is 0.329. The van der Waals surface area contributed by atoms with Gasteiger partial charge < -0.3 is 5.32 Å². The second kappa shape index (κ2) is 7.62. The summed E-state index contributed by atoms with van der Waals surface area (Å²) in [5.74, 6) is 0. The SMILES string of the molecule is S=C(N/N=C/c1cccc2ccccc12)Nc1cccc(Cl)c1Cl. The van der Waals surface area contributed by atoms with E-state index in [1.807, 2.05) is 24.3 Å². The normalized spacial score (nSPS) is 10.9. The Morgan fingerprint density at radius 2 is 1.71 bits per heavy atom. The maximum absolute atomic E-state index is 6.11. The van der Waals surface area contributed by atoms with Crippen molar-refractivity contribution in [2.45, 2.75) is 0 Å². The average Bonchev–Trinajstić information content (AvgIpc) is 2.59. The second-order valence-electron chi connectivity index (χ2n) is 4.99. The molecule has 0 aliphatic heterocycles. The Morgan fingerprint density at radius 1 is 0.958 bits per heavy atom. The summed E-state index contributed by atoms with van der Waals surface area (Å²) in [5.41, 5.74) is 4.41. The largest absolute Gasteiger partial charge is 0.330 e. The van der Waals surface area contributed by atoms with Crippen LogP contribution in [0.15, 0.2) is 65.8 Å². The molecule has 3 rings (SSSR count). The number of nitrogens with zero attached hydrogens (tertiary/aromatic N) is 1. The number of halogens is 2. The van der Waals surface area contributed by atoms with Crippen LogP contribution in [0.25, 0.3) is 10.8 Å². The van der Waals surface area contributed by atoms with Crippen molar-refractivity contribution in [3.63, 3.8) is 0 Å². The first-order valence-electron chi connectivity index (χ1n) is 7.17. The highest BCUT2D eigenvalue weighted by Gasteiger charge is 2.05. The van der Waals surface area contributed by atoms with Gasteiger partial charge in [0.2, 0.25) is 0 Å². The topological polar surface area (TPSA) is 36.4 Å². The quantitative estimate of drug-likeness (QED) is 0.363. The number of nitrogens with one attached hydrogen (secondary N) is 2. The van der Waals surface area contributed by atoms with Crippen LogP contribution in [-0.2, 0) is 0 Å². The molecule has 0 aliphatic rings. The van der Waals surface area contributed by atoms with Gasteiger partial charge in [0.1, 0.15) is 0 Å². The molecule has 6 heteroatoms. The van der Waals surface area contributed by atoms with Crippen molar-refractivity contribution in [2.24, 2.45) is 5.10 Å². The molecule has 0 amide bonds. The van der Waals surface area contributed by atoms with Crippen LogP contribution < -0.4 is 10.7 Å². The molecule has 0 spiro atoms. The molecule has 0 saturated heterocycles. The fourth-order valence-corrected chi connectivity index (χ4v) is 2.78. The summed E-state index contributed by atoms with van der Waals surface area (Å²) in [4.78, 5) is 0. The molecule has 24 heavy (non-hydrogen) atoms. The monoisotopic (exact) mass is 373 g/mol. The Kier molecular flexibility index (Phi) is 5.30. The van der Waals surface area contributed by atoms with E-state index in [1.54, 1.807) is 24.4 Å². The highest BCUT2D eigenvalue weighted by Crippen LogP contribution is 2.29. The zero-order valence-electron chi connectivity index (χ0n) is 12.5. The molecule has 0 atom stereocenters. The summed E-state index contributed by atoms with van der Waals surface area (Å²) in [6, 6.07) is 19.5. The van der Waals surface area contributed by atoms with Crippen LogP contribution in [0.3, 0.4) is 0 Å². The first-order chi connectivity index (χ1) is 11.6. The Balaban J connectivity index is 1.69. The third-order valence-corrected chi connectivity index (χ3v) is 4.41. The molecule has 0 unspecified atom stereocenters. The van der Waals surface area contributed by atoms with Crippen molar-refractivity contribution >= 4 is 63.2 Å². The van der Waals surface area contributed by atoms with E-state index >= 15 is 0 Å². The molecule has 0 radical (unpaired) electrons. The van der Waals surface area contributed by atoms with Crippen LogP contribution in [0.5, 0.6) is 0 Å². The highest BCUT2D eigenvalue weighted by molar-refractivity contribution is 7.80. The van der Waals surface area contributed by atoms with Crippen molar-refractivity contribution in [3.8, 4) is 0 Å². The van der Waals surface area contributed by atoms with E-state index in [1.165, 1.54) is 0 Å². The highest BCUT2D eigenvalue weighted by atomic mass is 35.5. The molecule has 3 nitrogen and oxygen atoms in total. The number of hydrogen-bond acceptors (Lipinski definition) is 2. The smallest absolute Gasteiger partial charge is 0.191 e. The van der Waals surface area contributed by atoms with Crippen LogP contribution in [0.2, 0.25) is 10.0 Å². The Morgan fingerprint density at radius 3 is 2.58 bits per heavy atom. The summed E-state index contributed by atoms with van der Waals surface area (Å²) in [6.45, 7) is 0. The van der Waals surface area contributed by atoms with E-state index < -0.39 is 0 Å². The molecular formula is C18H13Cl2N3S. The van der Waals surface area contributed by atoms with Crippen LogP contribution >= 0.6 is 35.4 Å². The Labute approximate surface area is 155 Å². The van der Waals surface area contributed by atoms with Gasteiger partial charge in [-0.3, -0.25) is 5.43 Å². The van der Waals surface area contributed by atoms with Gasteiger partial charge in [-0.25, -0.2) is 0 Å². The number of rotatable bonds is 3. The van der Waals surface area contributed by atoms with Crippen molar-refractivity contribution in [2.75, 3.05) is 5.32 Å². The fourth-order valence-electron chi connectivity index (χ4n) is 2.27. The summed E-state index contributed by atoms with van der Waals surface area (Å²) in [5, 5.41) is 10.6. The molecule has 120 valence electrons. The molecule has 0 saturated carbocycles. The second-order valence-corrected chi connectivity index (χ2v) is 6.19. The number of hydrazone groups is 1. The van der Waals surface area contributed by atoms with E-state index in [0.717, 1.165) is 16.3 Å². The standard InChI is InChI=1S/C18H13Cl2N3S/c19-15-9-4-10-16(17(15)20)22-18(24)23-21-11-13-7-3-6-12-5-1-2-8-14(12)13/h1-11H,(H2,22,23,24)/b21-11+. The maximum atomic E-state index is 6.11. The van der Waals surface area contributed by atoms with Crippen LogP contribution in [-0.4, -0.2) is 11.3 Å². The van der Waals surface area contributed by atoms with Gasteiger partial charge in [-0.05, 0) is 35.1 Å². The summed E-state index contributed by atoms with van der Waals surface area (Å²) < 4.78 is 0. The number of hydrogen-bond donors (Lipinski definition) is 2. The minimum Gasteiger partial charge on any atom is -0.330 e. The lowest BCUT2D eigenvalue weighted by atomic mass is 10.1. The average molecular weight is 374 g/mol. The van der Waals surface area contributed by atoms with E-state index in [4.69, 9.17) is 35.4 Å².